The van der Waals surface area contributed by atoms with Crippen molar-refractivity contribution in [2.45, 2.75) is 0 Å². The summed E-state index contributed by atoms with van der Waals surface area (Å²) < 4.78 is 27.4. The van der Waals surface area contributed by atoms with E-state index >= 15 is 0 Å². The van der Waals surface area contributed by atoms with Crippen LogP contribution < -0.4 is 0 Å². The highest BCUT2D eigenvalue weighted by molar-refractivity contribution is 9.10. The van der Waals surface area contributed by atoms with Gasteiger partial charge >= 0.3 is 5.97 Å². The van der Waals surface area contributed by atoms with Gasteiger partial charge in [0.2, 0.25) is 0 Å². The van der Waals surface area contributed by atoms with Crippen LogP contribution in [0.4, 0.5) is 8.78 Å². The number of hydrogen-bond donors (Lipinski definition) is 2. The van der Waals surface area contributed by atoms with Gasteiger partial charge in [-0.15, -0.1) is 0 Å². The second-order valence-electron chi connectivity index (χ2n) is 4.34. The lowest BCUT2D eigenvalue weighted by Gasteiger charge is -2.00. The minimum atomic E-state index is -1.37. The Morgan fingerprint density at radius 2 is 2.00 bits per heavy atom. The van der Waals surface area contributed by atoms with Crippen LogP contribution in [-0.4, -0.2) is 21.0 Å². The van der Waals surface area contributed by atoms with Crippen molar-refractivity contribution in [2.75, 3.05) is 0 Å². The molecule has 0 saturated carbocycles. The van der Waals surface area contributed by atoms with E-state index in [0.717, 1.165) is 12.1 Å². The van der Waals surface area contributed by atoms with Crippen LogP contribution in [-0.2, 0) is 0 Å². The van der Waals surface area contributed by atoms with E-state index in [0.29, 0.717) is 22.4 Å². The standard InChI is InChI=1S/C14H7BrF2N2O2/c15-12-6(2-1-3-8(12)16)13-18-10-4-7(14(20)21)9(17)5-11(10)19-13/h1-5H,(H,18,19)(H,20,21). The van der Waals surface area contributed by atoms with Crippen molar-refractivity contribution in [1.29, 1.82) is 0 Å². The molecule has 0 unspecified atom stereocenters. The SMILES string of the molecule is O=C(O)c1cc2nc(-c3cccc(F)c3Br)[nH]c2cc1F. The van der Waals surface area contributed by atoms with Crippen molar-refractivity contribution in [3.63, 3.8) is 0 Å². The van der Waals surface area contributed by atoms with Gasteiger partial charge in [0.15, 0.2) is 0 Å². The molecular weight excluding hydrogens is 346 g/mol. The number of carbonyl (C=O) groups is 1. The number of aromatic amines is 1. The monoisotopic (exact) mass is 352 g/mol. The minimum absolute atomic E-state index is 0.225. The van der Waals surface area contributed by atoms with E-state index in [1.54, 1.807) is 6.07 Å². The zero-order valence-corrected chi connectivity index (χ0v) is 11.9. The summed E-state index contributed by atoms with van der Waals surface area (Å²) in [6.07, 6.45) is 0. The number of fused-ring (bicyclic) bond motifs is 1. The van der Waals surface area contributed by atoms with Crippen molar-refractivity contribution in [3.05, 3.63) is 52.0 Å². The van der Waals surface area contributed by atoms with E-state index in [4.69, 9.17) is 5.11 Å². The third kappa shape index (κ3) is 2.29. The Kier molecular flexibility index (Phi) is 3.21. The molecule has 0 aliphatic heterocycles. The number of carboxylic acids is 1. The zero-order valence-electron chi connectivity index (χ0n) is 10.3. The number of benzene rings is 2. The van der Waals surface area contributed by atoms with Crippen LogP contribution in [0.2, 0.25) is 0 Å². The molecule has 0 radical (unpaired) electrons. The number of imidazole rings is 1. The molecular formula is C14H7BrF2N2O2. The number of hydrogen-bond acceptors (Lipinski definition) is 2. The van der Waals surface area contributed by atoms with Crippen LogP contribution in [0.15, 0.2) is 34.8 Å². The Balaban J connectivity index is 2.22. The van der Waals surface area contributed by atoms with Crippen LogP contribution >= 0.6 is 15.9 Å². The molecule has 7 heteroatoms. The Labute approximate surface area is 125 Å². The summed E-state index contributed by atoms with van der Waals surface area (Å²) in [5.41, 5.74) is 0.631. The molecule has 0 saturated heterocycles. The molecule has 0 fully saturated rings. The fraction of sp³-hybridized carbons (Fsp3) is 0. The number of rotatable bonds is 2. The lowest BCUT2D eigenvalue weighted by molar-refractivity contribution is 0.0692. The summed E-state index contributed by atoms with van der Waals surface area (Å²) in [5, 5.41) is 8.89. The topological polar surface area (TPSA) is 66.0 Å². The Bertz CT molecular complexity index is 877. The van der Waals surface area contributed by atoms with Crippen LogP contribution in [0.25, 0.3) is 22.4 Å². The lowest BCUT2D eigenvalue weighted by Crippen LogP contribution is -1.99. The number of aromatic carboxylic acids is 1. The van der Waals surface area contributed by atoms with E-state index in [9.17, 15) is 13.6 Å². The summed E-state index contributed by atoms with van der Waals surface area (Å²) in [6.45, 7) is 0. The van der Waals surface area contributed by atoms with E-state index in [-0.39, 0.29) is 4.47 Å². The van der Waals surface area contributed by atoms with Gasteiger partial charge in [0.1, 0.15) is 17.5 Å². The van der Waals surface area contributed by atoms with Crippen molar-refractivity contribution in [3.8, 4) is 11.4 Å². The van der Waals surface area contributed by atoms with E-state index < -0.39 is 23.2 Å². The van der Waals surface area contributed by atoms with Gasteiger partial charge in [0, 0.05) is 11.6 Å². The summed E-state index contributed by atoms with van der Waals surface area (Å²) >= 11 is 3.12. The van der Waals surface area contributed by atoms with Crippen molar-refractivity contribution in [1.82, 2.24) is 9.97 Å². The first-order chi connectivity index (χ1) is 9.97. The highest BCUT2D eigenvalue weighted by Gasteiger charge is 2.16. The maximum atomic E-state index is 13.6. The highest BCUT2D eigenvalue weighted by Crippen LogP contribution is 2.30. The van der Waals surface area contributed by atoms with Gasteiger partial charge < -0.3 is 10.1 Å². The molecule has 1 aromatic heterocycles. The molecule has 106 valence electrons. The molecule has 4 nitrogen and oxygen atoms in total. The maximum Gasteiger partial charge on any atom is 0.338 e. The van der Waals surface area contributed by atoms with Gasteiger partial charge in [-0.2, -0.15) is 0 Å². The number of nitrogens with zero attached hydrogens (tertiary/aromatic N) is 1. The fourth-order valence-corrected chi connectivity index (χ4v) is 2.46. The second-order valence-corrected chi connectivity index (χ2v) is 5.13. The Morgan fingerprint density at radius 3 is 2.71 bits per heavy atom. The predicted molar refractivity (Wildman–Crippen MR) is 76.1 cm³/mol. The number of halogens is 3. The van der Waals surface area contributed by atoms with Crippen LogP contribution in [0, 0.1) is 11.6 Å². The van der Waals surface area contributed by atoms with Crippen molar-refractivity contribution >= 4 is 32.9 Å². The maximum absolute atomic E-state index is 13.6. The molecule has 3 rings (SSSR count). The second kappa shape index (κ2) is 4.92. The summed E-state index contributed by atoms with van der Waals surface area (Å²) in [7, 11) is 0. The third-order valence-electron chi connectivity index (χ3n) is 3.01. The molecule has 0 aliphatic carbocycles. The van der Waals surface area contributed by atoms with E-state index in [1.165, 1.54) is 12.1 Å². The lowest BCUT2D eigenvalue weighted by atomic mass is 10.2. The molecule has 21 heavy (non-hydrogen) atoms. The van der Waals surface area contributed by atoms with Crippen LogP contribution in [0.1, 0.15) is 10.4 Å². The number of H-pyrrole nitrogens is 1. The van der Waals surface area contributed by atoms with Crippen molar-refractivity contribution < 1.29 is 18.7 Å². The predicted octanol–water partition coefficient (Wildman–Crippen LogP) is 3.97. The first-order valence-corrected chi connectivity index (χ1v) is 6.63. The first-order valence-electron chi connectivity index (χ1n) is 5.84. The van der Waals surface area contributed by atoms with Crippen LogP contribution in [0.3, 0.4) is 0 Å². The average Bonchev–Trinajstić information content (AvgIpc) is 2.83. The van der Waals surface area contributed by atoms with E-state index in [2.05, 4.69) is 25.9 Å². The molecule has 1 heterocycles. The largest absolute Gasteiger partial charge is 0.478 e. The third-order valence-corrected chi connectivity index (χ3v) is 3.81. The molecule has 2 aromatic carbocycles. The van der Waals surface area contributed by atoms with Gasteiger partial charge in [-0.05, 0) is 34.1 Å². The molecule has 0 atom stereocenters. The molecule has 0 amide bonds. The molecule has 2 N–H and O–H groups in total. The molecule has 0 bridgehead atoms. The minimum Gasteiger partial charge on any atom is -0.478 e. The smallest absolute Gasteiger partial charge is 0.338 e. The van der Waals surface area contributed by atoms with Crippen LogP contribution in [0.5, 0.6) is 0 Å². The van der Waals surface area contributed by atoms with Gasteiger partial charge in [0.05, 0.1) is 21.1 Å². The van der Waals surface area contributed by atoms with E-state index in [1.807, 2.05) is 0 Å². The zero-order chi connectivity index (χ0) is 15.1. The number of carboxylic acid groups (broad SMARTS) is 1. The summed E-state index contributed by atoms with van der Waals surface area (Å²) in [4.78, 5) is 17.9. The average molecular weight is 353 g/mol. The summed E-state index contributed by atoms with van der Waals surface area (Å²) in [6, 6.07) is 6.65. The summed E-state index contributed by atoms with van der Waals surface area (Å²) in [5.74, 6) is -2.36. The van der Waals surface area contributed by atoms with Gasteiger partial charge in [-0.25, -0.2) is 18.6 Å². The quantitative estimate of drug-likeness (QED) is 0.733. The number of aromatic nitrogens is 2. The van der Waals surface area contributed by atoms with Crippen molar-refractivity contribution in [2.24, 2.45) is 0 Å². The molecule has 3 aromatic rings. The Morgan fingerprint density at radius 1 is 1.24 bits per heavy atom. The number of nitrogens with one attached hydrogen (secondary N) is 1. The van der Waals surface area contributed by atoms with Gasteiger partial charge in [0.25, 0.3) is 0 Å². The van der Waals surface area contributed by atoms with Gasteiger partial charge in [-0.3, -0.25) is 0 Å². The van der Waals surface area contributed by atoms with Gasteiger partial charge in [-0.1, -0.05) is 6.07 Å². The fourth-order valence-electron chi connectivity index (χ4n) is 2.01. The molecule has 0 aliphatic rings. The Hall–Kier alpha value is -2.28. The first kappa shape index (κ1) is 13.7. The molecule has 0 spiro atoms. The normalized spacial score (nSPS) is 11.0. The highest BCUT2D eigenvalue weighted by atomic mass is 79.9.